The molecule has 32 heteroatoms. The number of benzene rings is 4. The second-order valence-electron chi connectivity index (χ2n) is 38.4. The fourth-order valence-electron chi connectivity index (χ4n) is 18.5. The zero-order chi connectivity index (χ0) is 102. The third kappa shape index (κ3) is 35.5. The SMILES string of the molecule is CCCCCCCCCCCCCCCCCCOc1cc(C(=O)OCC(=O)O[C@@]2(O)[C@@H](COP(=O)(OCCC#N)[C@@]3(O)[C@@H](COC(c4ccccc4)(c4ccc(OC)cc4)c4ccc(OC)cc4)O[C@@H](n4ccc(=O)[nH]c4=O)[C@@H]3F)O[C@@H](n3cnc4c(=O)[nH]c(NC(=O)C(C)C)nc43)[C@@H]2F)cc(OCCCCCCCCCCCCCCCCCC)c1OCCCCCCCCCCCCCCCCCC. The van der Waals surface area contributed by atoms with Crippen LogP contribution in [0, 0.1) is 17.2 Å². The molecule has 4 aromatic carbocycles. The largest absolute Gasteiger partial charge is 0.497 e. The highest BCUT2D eigenvalue weighted by atomic mass is 31.2. The van der Waals surface area contributed by atoms with Crippen molar-refractivity contribution in [3.63, 3.8) is 0 Å². The van der Waals surface area contributed by atoms with E-state index in [1.54, 1.807) is 92.7 Å². The van der Waals surface area contributed by atoms with Gasteiger partial charge in [0, 0.05) is 18.2 Å². The Morgan fingerprint density at radius 2 is 0.958 bits per heavy atom. The molecule has 29 nitrogen and oxygen atoms in total. The van der Waals surface area contributed by atoms with Gasteiger partial charge in [0.15, 0.2) is 54.0 Å². The summed E-state index contributed by atoms with van der Waals surface area (Å²) < 4.78 is 130. The average Bonchev–Trinajstić information content (AvgIpc) is 1.54. The lowest BCUT2D eigenvalue weighted by molar-refractivity contribution is -0.247. The molecule has 0 radical (unpaired) electrons. The summed E-state index contributed by atoms with van der Waals surface area (Å²) in [5, 5.41) is 35.6. The molecule has 3 aromatic heterocycles. The van der Waals surface area contributed by atoms with Crippen LogP contribution in [0.25, 0.3) is 11.2 Å². The first kappa shape index (κ1) is 116. The van der Waals surface area contributed by atoms with E-state index in [2.05, 4.69) is 41.0 Å². The number of rotatable bonds is 77. The number of ether oxygens (including phenoxy) is 10. The molecule has 0 bridgehead atoms. The molecule has 7 aromatic rings. The van der Waals surface area contributed by atoms with Crippen molar-refractivity contribution in [3.8, 4) is 34.8 Å². The van der Waals surface area contributed by atoms with E-state index in [0.29, 0.717) is 58.0 Å². The van der Waals surface area contributed by atoms with Crippen molar-refractivity contribution in [2.45, 2.75) is 403 Å². The van der Waals surface area contributed by atoms with Crippen LogP contribution in [-0.4, -0.2) is 153 Å². The molecule has 0 saturated carbocycles. The summed E-state index contributed by atoms with van der Waals surface area (Å²) in [5.41, 5.74) is -4.75. The van der Waals surface area contributed by atoms with Gasteiger partial charge in [0.05, 0.1) is 78.2 Å². The van der Waals surface area contributed by atoms with Crippen LogP contribution >= 0.6 is 7.60 Å². The molecular weight excluding hydrogens is 1840 g/mol. The van der Waals surface area contributed by atoms with Gasteiger partial charge in [-0.05, 0) is 72.4 Å². The number of hydrogen-bond acceptors (Lipinski definition) is 24. The number of esters is 2. The number of hydrogen-bond donors (Lipinski definition) is 5. The number of H-pyrrole nitrogens is 2. The molecule has 2 fully saturated rings. The van der Waals surface area contributed by atoms with Gasteiger partial charge in [-0.25, -0.2) is 28.1 Å². The van der Waals surface area contributed by atoms with Gasteiger partial charge < -0.3 is 66.6 Å². The van der Waals surface area contributed by atoms with Gasteiger partial charge in [0.2, 0.25) is 29.1 Å². The van der Waals surface area contributed by atoms with Gasteiger partial charge in [-0.3, -0.25) is 43.4 Å². The summed E-state index contributed by atoms with van der Waals surface area (Å²) in [4.78, 5) is 96.0. The number of aromatic nitrogens is 6. The molecule has 0 spiro atoms. The standard InChI is InChI=1S/C110H163F2N8O21P/c1-8-11-14-17-20-23-26-29-32-35-38-41-44-47-50-56-73-132-90-77-84(78-91(133-74-57-51-48-45-42-39-36-33-30-27-24-21-18-15-12-9-2)97(90)134-75-58-52-49-46-43-40-37-34-31-28-25-22-19-16-13-10-3)105(125)135-81-95(122)141-109(127)92(139-103(98(109)111)120-82-114-96-100(120)116-106(118-102(96)124)117-101(123)83(4)5)80-138-142(129,137-76-59-71-113)110(128)93(140-104(99(110)112)119-72-70-94(121)115-107(119)126)79-136-108(85-60-54-53-55-61-85,86-62-66-88(130-6)67-63-86)87-64-68-89(131-7)69-65-87/h53-55,60-70,72,77-78,82-83,92-93,98-99,103-104,127-128H,8-52,56-59,73-76,79-81H2,1-7H3,(H,115,121,126)(H2,116,117,118,123,124)/t92-,93-,98+,99+,103-,104-,109+,110+,142?/m1/s1. The number of imidazole rings is 1. The monoisotopic (exact) mass is 2000 g/mol. The smallest absolute Gasteiger partial charge is 0.368 e. The van der Waals surface area contributed by atoms with Crippen LogP contribution in [0.4, 0.5) is 14.7 Å². The number of halogens is 2. The Labute approximate surface area is 839 Å². The number of amides is 1. The zero-order valence-corrected chi connectivity index (χ0v) is 86.5. The Bertz CT molecular complexity index is 4970. The molecule has 1 amide bonds. The minimum atomic E-state index is -6.05. The van der Waals surface area contributed by atoms with Crippen LogP contribution in [0.15, 0.2) is 124 Å². The summed E-state index contributed by atoms with van der Waals surface area (Å²) in [6.07, 6.45) is 42.6. The maximum absolute atomic E-state index is 18.7. The number of unbranched alkanes of at least 4 members (excludes halogenated alkanes) is 45. The van der Waals surface area contributed by atoms with Crippen molar-refractivity contribution in [1.29, 1.82) is 5.26 Å². The average molecular weight is 2000 g/mol. The molecule has 5 N–H and O–H groups in total. The lowest BCUT2D eigenvalue weighted by Crippen LogP contribution is -2.53. The number of methoxy groups -OCH3 is 2. The number of carbonyl (C=O) groups is 3. The van der Waals surface area contributed by atoms with Crippen molar-refractivity contribution in [1.82, 2.24) is 29.1 Å². The van der Waals surface area contributed by atoms with Crippen molar-refractivity contribution in [2.24, 2.45) is 5.92 Å². The van der Waals surface area contributed by atoms with Gasteiger partial charge in [0.1, 0.15) is 23.2 Å². The Morgan fingerprint density at radius 3 is 1.39 bits per heavy atom. The van der Waals surface area contributed by atoms with E-state index in [1.807, 2.05) is 11.1 Å². The summed E-state index contributed by atoms with van der Waals surface area (Å²) >= 11 is 0. The van der Waals surface area contributed by atoms with E-state index >= 15 is 13.3 Å². The van der Waals surface area contributed by atoms with E-state index in [4.69, 9.17) is 56.4 Å². The van der Waals surface area contributed by atoms with Gasteiger partial charge in [-0.15, -0.1) is 0 Å². The second-order valence-corrected chi connectivity index (χ2v) is 40.7. The molecular formula is C110H163F2N8O21P. The molecule has 2 saturated heterocycles. The highest BCUT2D eigenvalue weighted by Crippen LogP contribution is 2.67. The van der Waals surface area contributed by atoms with Crippen molar-refractivity contribution in [2.75, 3.05) is 65.8 Å². The molecule has 5 heterocycles. The summed E-state index contributed by atoms with van der Waals surface area (Å²) in [6.45, 7) is 5.92. The number of aliphatic hydroxyl groups is 2. The minimum absolute atomic E-state index is 0.140. The molecule has 0 aliphatic carbocycles. The maximum Gasteiger partial charge on any atom is 0.368 e. The first-order valence-corrected chi connectivity index (χ1v) is 54.9. The van der Waals surface area contributed by atoms with Crippen LogP contribution in [0.2, 0.25) is 0 Å². The molecule has 788 valence electrons. The van der Waals surface area contributed by atoms with E-state index < -0.39 is 152 Å². The number of alkyl halides is 2. The lowest BCUT2D eigenvalue weighted by Gasteiger charge is -2.40. The van der Waals surface area contributed by atoms with Crippen LogP contribution < -0.4 is 45.8 Å². The van der Waals surface area contributed by atoms with Crippen molar-refractivity contribution < 1.29 is 94.4 Å². The normalized spacial score (nSPS) is 18.4. The van der Waals surface area contributed by atoms with Gasteiger partial charge in [0.25, 0.3) is 16.9 Å². The molecule has 2 aliphatic heterocycles. The Hall–Kier alpha value is -9.38. The predicted molar refractivity (Wildman–Crippen MR) is 546 cm³/mol. The summed E-state index contributed by atoms with van der Waals surface area (Å²) in [7, 11) is -3.10. The second kappa shape index (κ2) is 63.8. The van der Waals surface area contributed by atoms with Crippen LogP contribution in [0.3, 0.4) is 0 Å². The quantitative estimate of drug-likeness (QED) is 0.00777. The summed E-state index contributed by atoms with van der Waals surface area (Å²) in [5.74, 6) is -6.55. The number of anilines is 1. The zero-order valence-electron chi connectivity index (χ0n) is 85.6. The van der Waals surface area contributed by atoms with Crippen LogP contribution in [-0.2, 0) is 52.5 Å². The third-order valence-corrected chi connectivity index (χ3v) is 29.4. The van der Waals surface area contributed by atoms with Crippen LogP contribution in [0.5, 0.6) is 28.7 Å². The number of carbonyl (C=O) groups excluding carboxylic acids is 3. The predicted octanol–water partition coefficient (Wildman–Crippen LogP) is 24.6. The van der Waals surface area contributed by atoms with Gasteiger partial charge in [-0.1, -0.05) is 378 Å². The highest BCUT2D eigenvalue weighted by molar-refractivity contribution is 7.55. The lowest BCUT2D eigenvalue weighted by atomic mass is 9.80. The number of nitrogens with zero attached hydrogens (tertiary/aromatic N) is 5. The van der Waals surface area contributed by atoms with E-state index in [1.165, 1.54) is 245 Å². The third-order valence-electron chi connectivity index (χ3n) is 27.0. The highest BCUT2D eigenvalue weighted by Gasteiger charge is 2.71. The Morgan fingerprint density at radius 1 is 0.535 bits per heavy atom. The minimum Gasteiger partial charge on any atom is -0.497 e. The number of aromatic amines is 2. The molecule has 142 heavy (non-hydrogen) atoms. The molecule has 2 aliphatic rings. The van der Waals surface area contributed by atoms with Crippen LogP contribution in [0.1, 0.15) is 389 Å². The molecule has 9 atom stereocenters. The summed E-state index contributed by atoms with van der Waals surface area (Å²) in [6, 6.07) is 27.6. The van der Waals surface area contributed by atoms with E-state index in [9.17, 15) is 44.2 Å². The topological polar surface area (TPSA) is 374 Å². The van der Waals surface area contributed by atoms with Gasteiger partial charge in [-0.2, -0.15) is 10.2 Å². The fraction of sp³-hybridized carbons (Fsp3) is 0.664. The van der Waals surface area contributed by atoms with Crippen molar-refractivity contribution in [3.05, 3.63) is 163 Å². The first-order valence-electron chi connectivity index (χ1n) is 53.4. The number of fused-ring (bicyclic) bond motifs is 1. The van der Waals surface area contributed by atoms with Crippen molar-refractivity contribution >= 4 is 42.6 Å². The van der Waals surface area contributed by atoms with E-state index in [-0.39, 0.29) is 30.3 Å². The first-order chi connectivity index (χ1) is 69.0. The van der Waals surface area contributed by atoms with E-state index in [0.717, 1.165) is 100 Å². The number of nitriles is 1. The Kier molecular flexibility index (Phi) is 52.2. The fourth-order valence-corrected chi connectivity index (χ4v) is 20.6. The maximum atomic E-state index is 18.7. The number of nitrogens with one attached hydrogen (secondary N) is 3. The molecule has 9 rings (SSSR count). The molecule has 1 unspecified atom stereocenters. The Balaban J connectivity index is 1.00. The van der Waals surface area contributed by atoms with Gasteiger partial charge >= 0.3 is 25.2 Å².